The zero-order valence-electron chi connectivity index (χ0n) is 48.6. The summed E-state index contributed by atoms with van der Waals surface area (Å²) in [5.74, 6) is 1.47. The summed E-state index contributed by atoms with van der Waals surface area (Å²) < 4.78 is 55.7. The molecule has 0 atom stereocenters. The topological polar surface area (TPSA) is 38.5 Å². The number of pyridine rings is 1. The molecular formula is C74H49N5OPt-2. The van der Waals surface area contributed by atoms with E-state index in [1.54, 1.807) is 6.20 Å². The Hall–Kier alpha value is -9.87. The van der Waals surface area contributed by atoms with Crippen molar-refractivity contribution in [2.24, 2.45) is 0 Å². The molecule has 15 rings (SSSR count). The fourth-order valence-corrected chi connectivity index (χ4v) is 13.3. The van der Waals surface area contributed by atoms with Crippen LogP contribution in [0.1, 0.15) is 34.7 Å². The van der Waals surface area contributed by atoms with Crippen LogP contribution in [0.2, 0.25) is 0 Å². The Morgan fingerprint density at radius 3 is 1.62 bits per heavy atom. The number of aryl methyl sites for hydroxylation is 1. The Balaban J connectivity index is 0.916. The first kappa shape index (κ1) is 43.1. The van der Waals surface area contributed by atoms with Crippen LogP contribution in [0.3, 0.4) is 0 Å². The summed E-state index contributed by atoms with van der Waals surface area (Å²) in [5, 5.41) is 0. The van der Waals surface area contributed by atoms with E-state index in [0.29, 0.717) is 34.1 Å². The third-order valence-corrected chi connectivity index (χ3v) is 16.6. The van der Waals surface area contributed by atoms with Gasteiger partial charge in [-0.2, -0.15) is 0 Å². The van der Waals surface area contributed by atoms with Crippen molar-refractivity contribution in [3.05, 3.63) is 323 Å². The van der Waals surface area contributed by atoms with E-state index < -0.39 is 23.5 Å². The summed E-state index contributed by atoms with van der Waals surface area (Å²) >= 11 is 2.46. The van der Waals surface area contributed by atoms with E-state index in [1.165, 1.54) is 0 Å². The molecule has 13 aromatic rings. The number of anilines is 6. The number of benzene rings is 11. The third kappa shape index (κ3) is 7.81. The molecule has 2 aliphatic heterocycles. The number of imidazole rings is 1. The second kappa shape index (κ2) is 19.8. The Morgan fingerprint density at radius 1 is 0.469 bits per heavy atom. The van der Waals surface area contributed by atoms with Crippen LogP contribution in [0.4, 0.5) is 34.3 Å². The molecule has 0 radical (unpaired) electrons. The van der Waals surface area contributed by atoms with E-state index >= 15 is 0 Å². The van der Waals surface area contributed by atoms with Gasteiger partial charge in [-0.3, -0.25) is 0 Å². The quantitative estimate of drug-likeness (QED) is 0.135. The summed E-state index contributed by atoms with van der Waals surface area (Å²) in [5.41, 5.74) is 17.3. The Labute approximate surface area is 488 Å². The molecule has 4 heterocycles. The molecule has 11 aromatic carbocycles. The van der Waals surface area contributed by atoms with Gasteiger partial charge in [0.05, 0.1) is 6.85 Å². The van der Waals surface area contributed by atoms with Crippen LogP contribution in [0.25, 0.3) is 55.8 Å². The predicted molar refractivity (Wildman–Crippen MR) is 324 cm³/mol. The van der Waals surface area contributed by atoms with E-state index in [9.17, 15) is 0 Å². The second-order valence-corrected chi connectivity index (χ2v) is 21.1. The molecule has 0 aliphatic carbocycles. The van der Waals surface area contributed by atoms with E-state index in [4.69, 9.17) is 16.6 Å². The summed E-state index contributed by atoms with van der Waals surface area (Å²) in [6.07, 6.45) is 1.62. The van der Waals surface area contributed by atoms with Crippen LogP contribution in [0.15, 0.2) is 279 Å². The van der Waals surface area contributed by atoms with Gasteiger partial charge >= 0.3 is 306 Å². The fraction of sp³-hybridized carbons (Fsp3) is 0.0270. The van der Waals surface area contributed by atoms with Gasteiger partial charge in [0.2, 0.25) is 0 Å². The maximum atomic E-state index is 8.91. The van der Waals surface area contributed by atoms with Gasteiger partial charge in [-0.15, -0.1) is 0 Å². The number of hydrogen-bond donors (Lipinski definition) is 0. The minimum Gasteiger partial charge on any atom is -0.310 e. The first-order valence-electron chi connectivity index (χ1n) is 29.3. The number of aromatic nitrogens is 3. The standard InChI is InChI=1S/C74H49N5O.Pt/c1-51-46-72(75-49-61(51)54-28-10-4-11-29-54)79-68-41-19-16-38-64(68)74(62-36-14-17-39-66(62)78(55-30-12-5-13-31-55)67-40-18-15-37-63(67)74)65-45-44-58(48-71(65)79)80-57-33-22-32-56(47-57)76-50-77(70-43-21-20-42-69(70)76)73-59(52-24-6-2-7-25-52)34-23-35-60(73)53-26-8-3-9-27-53;/h2-46,49H,1H3;/q-2;/i4D,10D,11D,28D,29D;. The second-order valence-electron chi connectivity index (χ2n) is 20.1. The van der Waals surface area contributed by atoms with Gasteiger partial charge in [-0.05, 0) is 42.3 Å². The van der Waals surface area contributed by atoms with Crippen LogP contribution in [0, 0.1) is 22.9 Å². The molecule has 0 amide bonds. The fourth-order valence-electron chi connectivity index (χ4n) is 12.3. The van der Waals surface area contributed by atoms with Crippen molar-refractivity contribution in [3.8, 4) is 56.3 Å². The monoisotopic (exact) mass is 1220 g/mol. The number of ether oxygens (including phenoxy) is 1. The van der Waals surface area contributed by atoms with Crippen LogP contribution < -0.4 is 14.5 Å². The minimum atomic E-state index is -0.897. The molecule has 81 heavy (non-hydrogen) atoms. The van der Waals surface area contributed by atoms with Gasteiger partial charge in [-0.1, -0.05) is 103 Å². The van der Waals surface area contributed by atoms with Gasteiger partial charge in [0, 0.05) is 28.8 Å². The van der Waals surface area contributed by atoms with E-state index in [1.807, 2.05) is 43.3 Å². The Kier molecular flexibility index (Phi) is 10.5. The summed E-state index contributed by atoms with van der Waals surface area (Å²) in [7, 11) is 0. The van der Waals surface area contributed by atoms with Crippen molar-refractivity contribution >= 4 is 45.3 Å². The zero-order chi connectivity index (χ0) is 58.4. The number of nitrogens with zero attached hydrogens (tertiary/aromatic N) is 5. The first-order chi connectivity index (χ1) is 42.1. The molecule has 0 saturated heterocycles. The maximum absolute atomic E-state index is 8.91. The SMILES string of the molecule is [2H]c1c([2H])c([2H])c(-c2cnc(N3c4[c-]c(Oc5[c-]c(-n6[c](=[Pt])n(-c7c(-c8ccccc8)cccc7-c7ccccc7)c7ccccc76)ccc5)ccc4C4(c5ccccc53)c3ccccc3N(c3ccccc3)c3ccccc34)cc2C)c([2H])c1[2H]. The Bertz CT molecular complexity index is 4800. The van der Waals surface area contributed by atoms with E-state index in [2.05, 4.69) is 257 Å². The number of fused-ring (bicyclic) bond motifs is 9. The summed E-state index contributed by atoms with van der Waals surface area (Å²) in [4.78, 5) is 9.60. The molecule has 7 heteroatoms. The molecule has 6 nitrogen and oxygen atoms in total. The van der Waals surface area contributed by atoms with Crippen molar-refractivity contribution in [3.63, 3.8) is 0 Å². The molecule has 0 saturated carbocycles. The smallest absolute Gasteiger partial charge is 0.310 e. The van der Waals surface area contributed by atoms with Crippen molar-refractivity contribution in [1.82, 2.24) is 14.1 Å². The zero-order valence-corrected chi connectivity index (χ0v) is 45.9. The van der Waals surface area contributed by atoms with Gasteiger partial charge in [0.15, 0.2) is 0 Å². The normalized spacial score (nSPS) is 13.7. The number of rotatable bonds is 9. The summed E-state index contributed by atoms with van der Waals surface area (Å²) in [6.45, 7) is 1.89. The van der Waals surface area contributed by atoms with Gasteiger partial charge in [0.1, 0.15) is 0 Å². The minimum absolute atomic E-state index is 0.0939. The van der Waals surface area contributed by atoms with Crippen molar-refractivity contribution in [2.45, 2.75) is 12.3 Å². The van der Waals surface area contributed by atoms with E-state index in [-0.39, 0.29) is 17.6 Å². The number of hydrogen-bond acceptors (Lipinski definition) is 4. The van der Waals surface area contributed by atoms with Crippen LogP contribution in [-0.4, -0.2) is 14.1 Å². The molecule has 0 unspecified atom stereocenters. The van der Waals surface area contributed by atoms with Gasteiger partial charge in [-0.25, -0.2) is 0 Å². The predicted octanol–water partition coefficient (Wildman–Crippen LogP) is 18.5. The van der Waals surface area contributed by atoms with Crippen molar-refractivity contribution in [2.75, 3.05) is 9.80 Å². The summed E-state index contributed by atoms with van der Waals surface area (Å²) in [6, 6.07) is 90.1. The molecule has 0 bridgehead atoms. The van der Waals surface area contributed by atoms with Crippen molar-refractivity contribution in [1.29, 1.82) is 0 Å². The average Bonchev–Trinajstić information content (AvgIpc) is 0.810. The molecule has 1 spiro atoms. The number of para-hydroxylation sites is 7. The van der Waals surface area contributed by atoms with Crippen LogP contribution in [-0.2, 0) is 24.8 Å². The molecule has 0 N–H and O–H groups in total. The molecule has 2 aromatic heterocycles. The van der Waals surface area contributed by atoms with Crippen LogP contribution >= 0.6 is 0 Å². The third-order valence-electron chi connectivity index (χ3n) is 15.6. The van der Waals surface area contributed by atoms with Gasteiger partial charge in [0.25, 0.3) is 0 Å². The van der Waals surface area contributed by atoms with E-state index in [0.717, 1.165) is 93.5 Å². The van der Waals surface area contributed by atoms with Crippen LogP contribution in [0.5, 0.6) is 11.5 Å². The molecule has 2 aliphatic rings. The average molecular weight is 1220 g/mol. The molecular weight excluding hydrogens is 1170 g/mol. The first-order valence-corrected chi connectivity index (χ1v) is 27.9. The Morgan fingerprint density at radius 2 is 1.00 bits per heavy atom. The van der Waals surface area contributed by atoms with Crippen molar-refractivity contribution < 1.29 is 30.9 Å². The van der Waals surface area contributed by atoms with Gasteiger partial charge < -0.3 is 4.90 Å². The molecule has 388 valence electrons. The molecule has 0 fully saturated rings.